The van der Waals surface area contributed by atoms with Crippen molar-refractivity contribution < 1.29 is 19.4 Å². The number of halogens is 1. The van der Waals surface area contributed by atoms with Crippen LogP contribution in [0.5, 0.6) is 5.75 Å². The van der Waals surface area contributed by atoms with E-state index in [4.69, 9.17) is 0 Å². The van der Waals surface area contributed by atoms with Crippen molar-refractivity contribution in [1.82, 2.24) is 9.88 Å². The number of aromatic hydroxyl groups is 1. The Bertz CT molecular complexity index is 720. The minimum atomic E-state index is -0.777. The van der Waals surface area contributed by atoms with E-state index in [9.17, 15) is 19.4 Å². The van der Waals surface area contributed by atoms with Gasteiger partial charge in [0.05, 0.1) is 6.10 Å². The van der Waals surface area contributed by atoms with Gasteiger partial charge in [0.1, 0.15) is 11.6 Å². The van der Waals surface area contributed by atoms with Crippen molar-refractivity contribution >= 4 is 5.91 Å². The molecule has 0 aliphatic carbocycles. The van der Waals surface area contributed by atoms with Crippen LogP contribution in [-0.2, 0) is 0 Å². The first-order chi connectivity index (χ1) is 11.6. The number of aliphatic hydroxyl groups excluding tert-OH is 1. The molecule has 0 bridgehead atoms. The zero-order valence-electron chi connectivity index (χ0n) is 13.1. The fourth-order valence-corrected chi connectivity index (χ4v) is 3.12. The van der Waals surface area contributed by atoms with E-state index in [1.54, 1.807) is 23.1 Å². The molecule has 3 rings (SSSR count). The Morgan fingerprint density at radius 1 is 1.33 bits per heavy atom. The predicted octanol–water partition coefficient (Wildman–Crippen LogP) is 2.65. The Hall–Kier alpha value is -2.47. The van der Waals surface area contributed by atoms with Gasteiger partial charge in [0.2, 0.25) is 0 Å². The third kappa shape index (κ3) is 3.38. The second-order valence-electron chi connectivity index (χ2n) is 5.97. The van der Waals surface area contributed by atoms with Gasteiger partial charge < -0.3 is 15.1 Å². The molecule has 0 spiro atoms. The molecular formula is C18H19FN2O3. The van der Waals surface area contributed by atoms with Gasteiger partial charge in [-0.15, -0.1) is 0 Å². The first-order valence-corrected chi connectivity index (χ1v) is 7.94. The standard InChI is InChI=1S/C18H19FN2O3/c19-13-7-5-12(6-8-13)16(23)11-14-3-2-10-21(14)18(24)17-15(22)4-1-9-20-17/h1,4-9,14,16,22-23H,2-3,10-11H2/t14-,16-/m1/s1. The SMILES string of the molecule is O=C(c1ncccc1O)N1CCC[C@@H]1C[C@@H](O)c1ccc(F)cc1. The van der Waals surface area contributed by atoms with E-state index in [0.717, 1.165) is 12.8 Å². The second-order valence-corrected chi connectivity index (χ2v) is 5.97. The molecule has 1 saturated heterocycles. The number of nitrogens with zero attached hydrogens (tertiary/aromatic N) is 2. The Balaban J connectivity index is 1.72. The van der Waals surface area contributed by atoms with E-state index >= 15 is 0 Å². The van der Waals surface area contributed by atoms with Gasteiger partial charge in [0, 0.05) is 18.8 Å². The Kier molecular flexibility index (Phi) is 4.76. The molecule has 0 saturated carbocycles. The average Bonchev–Trinajstić information content (AvgIpc) is 3.03. The lowest BCUT2D eigenvalue weighted by Crippen LogP contribution is -2.37. The molecule has 0 unspecified atom stereocenters. The van der Waals surface area contributed by atoms with Gasteiger partial charge in [-0.05, 0) is 49.1 Å². The predicted molar refractivity (Wildman–Crippen MR) is 85.9 cm³/mol. The number of aromatic nitrogens is 1. The molecule has 126 valence electrons. The first kappa shape index (κ1) is 16.4. The highest BCUT2D eigenvalue weighted by Crippen LogP contribution is 2.29. The normalized spacial score (nSPS) is 18.6. The monoisotopic (exact) mass is 330 g/mol. The fraction of sp³-hybridized carbons (Fsp3) is 0.333. The molecule has 1 aromatic carbocycles. The highest BCUT2D eigenvalue weighted by atomic mass is 19.1. The fourth-order valence-electron chi connectivity index (χ4n) is 3.12. The van der Waals surface area contributed by atoms with Gasteiger partial charge >= 0.3 is 0 Å². The Morgan fingerprint density at radius 3 is 2.79 bits per heavy atom. The smallest absolute Gasteiger partial charge is 0.276 e. The van der Waals surface area contributed by atoms with Crippen LogP contribution in [0.1, 0.15) is 41.4 Å². The Labute approximate surface area is 139 Å². The summed E-state index contributed by atoms with van der Waals surface area (Å²) in [5.41, 5.74) is 0.650. The van der Waals surface area contributed by atoms with E-state index < -0.39 is 6.10 Å². The number of rotatable bonds is 4. The number of carbonyl (C=O) groups excluding carboxylic acids is 1. The van der Waals surface area contributed by atoms with Crippen molar-refractivity contribution in [2.75, 3.05) is 6.54 Å². The number of hydrogen-bond acceptors (Lipinski definition) is 4. The number of likely N-dealkylation sites (tertiary alicyclic amines) is 1. The molecule has 1 aromatic heterocycles. The molecule has 2 N–H and O–H groups in total. The van der Waals surface area contributed by atoms with Gasteiger partial charge in [0.25, 0.3) is 5.91 Å². The van der Waals surface area contributed by atoms with Crippen LogP contribution in [0.2, 0.25) is 0 Å². The minimum Gasteiger partial charge on any atom is -0.505 e. The van der Waals surface area contributed by atoms with Crippen molar-refractivity contribution in [2.45, 2.75) is 31.4 Å². The highest BCUT2D eigenvalue weighted by Gasteiger charge is 2.32. The maximum Gasteiger partial charge on any atom is 0.276 e. The lowest BCUT2D eigenvalue weighted by Gasteiger charge is -2.26. The van der Waals surface area contributed by atoms with Crippen LogP contribution in [0.4, 0.5) is 4.39 Å². The molecule has 1 aliphatic heterocycles. The second kappa shape index (κ2) is 6.97. The maximum atomic E-state index is 13.0. The Morgan fingerprint density at radius 2 is 2.08 bits per heavy atom. The van der Waals surface area contributed by atoms with Crippen molar-refractivity contribution in [3.8, 4) is 5.75 Å². The van der Waals surface area contributed by atoms with Crippen LogP contribution in [0.25, 0.3) is 0 Å². The van der Waals surface area contributed by atoms with E-state index in [2.05, 4.69) is 4.98 Å². The molecule has 2 aromatic rings. The summed E-state index contributed by atoms with van der Waals surface area (Å²) in [5, 5.41) is 20.2. The number of benzene rings is 1. The molecular weight excluding hydrogens is 311 g/mol. The lowest BCUT2D eigenvalue weighted by atomic mass is 10.0. The third-order valence-corrected chi connectivity index (χ3v) is 4.38. The van der Waals surface area contributed by atoms with Crippen LogP contribution in [0.15, 0.2) is 42.6 Å². The summed E-state index contributed by atoms with van der Waals surface area (Å²) in [5.74, 6) is -0.830. The molecule has 1 aliphatic rings. The van der Waals surface area contributed by atoms with Gasteiger partial charge in [-0.25, -0.2) is 9.37 Å². The topological polar surface area (TPSA) is 73.7 Å². The van der Waals surface area contributed by atoms with Crippen LogP contribution < -0.4 is 0 Å². The molecule has 6 heteroatoms. The van der Waals surface area contributed by atoms with Gasteiger partial charge in [0.15, 0.2) is 5.69 Å². The quantitative estimate of drug-likeness (QED) is 0.904. The summed E-state index contributed by atoms with van der Waals surface area (Å²) >= 11 is 0. The zero-order chi connectivity index (χ0) is 17.1. The molecule has 0 radical (unpaired) electrons. The summed E-state index contributed by atoms with van der Waals surface area (Å²) in [6.45, 7) is 0.565. The van der Waals surface area contributed by atoms with Crippen LogP contribution in [0, 0.1) is 5.82 Å². The van der Waals surface area contributed by atoms with Crippen LogP contribution in [0.3, 0.4) is 0 Å². The van der Waals surface area contributed by atoms with Crippen molar-refractivity contribution in [3.05, 3.63) is 59.7 Å². The molecule has 24 heavy (non-hydrogen) atoms. The van der Waals surface area contributed by atoms with Gasteiger partial charge in [-0.2, -0.15) is 0 Å². The zero-order valence-corrected chi connectivity index (χ0v) is 13.1. The summed E-state index contributed by atoms with van der Waals surface area (Å²) < 4.78 is 13.0. The molecule has 5 nitrogen and oxygen atoms in total. The molecule has 2 atom stereocenters. The van der Waals surface area contributed by atoms with E-state index in [1.165, 1.54) is 24.4 Å². The molecule has 1 amide bonds. The van der Waals surface area contributed by atoms with Crippen LogP contribution in [-0.4, -0.2) is 38.6 Å². The summed E-state index contributed by atoms with van der Waals surface area (Å²) in [4.78, 5) is 18.2. The molecule has 2 heterocycles. The van der Waals surface area contributed by atoms with Gasteiger partial charge in [-0.1, -0.05) is 12.1 Å². The third-order valence-electron chi connectivity index (χ3n) is 4.38. The van der Waals surface area contributed by atoms with Gasteiger partial charge in [-0.3, -0.25) is 4.79 Å². The van der Waals surface area contributed by atoms with E-state index in [0.29, 0.717) is 18.5 Å². The summed E-state index contributed by atoms with van der Waals surface area (Å²) in [6, 6.07) is 8.56. The van der Waals surface area contributed by atoms with E-state index in [1.807, 2.05) is 0 Å². The number of amides is 1. The molecule has 1 fully saturated rings. The van der Waals surface area contributed by atoms with Crippen LogP contribution >= 0.6 is 0 Å². The summed E-state index contributed by atoms with van der Waals surface area (Å²) in [6.07, 6.45) is 2.66. The first-order valence-electron chi connectivity index (χ1n) is 7.94. The van der Waals surface area contributed by atoms with Crippen molar-refractivity contribution in [3.63, 3.8) is 0 Å². The average molecular weight is 330 g/mol. The van der Waals surface area contributed by atoms with Crippen molar-refractivity contribution in [2.24, 2.45) is 0 Å². The summed E-state index contributed by atoms with van der Waals surface area (Å²) in [7, 11) is 0. The van der Waals surface area contributed by atoms with Crippen molar-refractivity contribution in [1.29, 1.82) is 0 Å². The number of carbonyl (C=O) groups is 1. The number of hydrogen-bond donors (Lipinski definition) is 2. The highest BCUT2D eigenvalue weighted by molar-refractivity contribution is 5.95. The number of aliphatic hydroxyl groups is 1. The minimum absolute atomic E-state index is 0.0284. The largest absolute Gasteiger partial charge is 0.505 e. The maximum absolute atomic E-state index is 13.0. The number of pyridine rings is 1. The van der Waals surface area contributed by atoms with E-state index in [-0.39, 0.29) is 29.2 Å². The lowest BCUT2D eigenvalue weighted by molar-refractivity contribution is 0.0658.